The van der Waals surface area contributed by atoms with Gasteiger partial charge in [0.1, 0.15) is 5.82 Å². The van der Waals surface area contributed by atoms with Crippen LogP contribution in [-0.4, -0.2) is 21.8 Å². The van der Waals surface area contributed by atoms with Crippen molar-refractivity contribution >= 4 is 11.6 Å². The molecule has 0 N–H and O–H groups in total. The normalized spacial score (nSPS) is 13.5. The SMILES string of the molecule is O=C(Cc1ccc([N+](=O)[O-])cc1)N(Cc1ccc(F)cc1)C1CC1. The van der Waals surface area contributed by atoms with Crippen LogP contribution in [0.2, 0.25) is 0 Å². The second kappa shape index (κ2) is 6.78. The number of nitro benzene ring substituents is 1. The zero-order valence-corrected chi connectivity index (χ0v) is 13.0. The Kier molecular flexibility index (Phi) is 4.55. The summed E-state index contributed by atoms with van der Waals surface area (Å²) in [7, 11) is 0. The Balaban J connectivity index is 1.68. The van der Waals surface area contributed by atoms with E-state index in [1.807, 2.05) is 4.90 Å². The molecule has 0 radical (unpaired) electrons. The van der Waals surface area contributed by atoms with Gasteiger partial charge in [-0.15, -0.1) is 0 Å². The molecule has 6 heteroatoms. The van der Waals surface area contributed by atoms with Crippen LogP contribution < -0.4 is 0 Å². The van der Waals surface area contributed by atoms with Crippen molar-refractivity contribution in [3.63, 3.8) is 0 Å². The largest absolute Gasteiger partial charge is 0.335 e. The number of hydrogen-bond acceptors (Lipinski definition) is 3. The van der Waals surface area contributed by atoms with Gasteiger partial charge in [-0.3, -0.25) is 14.9 Å². The van der Waals surface area contributed by atoms with E-state index >= 15 is 0 Å². The first-order valence-corrected chi connectivity index (χ1v) is 7.80. The van der Waals surface area contributed by atoms with Crippen LogP contribution in [0, 0.1) is 15.9 Å². The minimum absolute atomic E-state index is 0.0107. The zero-order chi connectivity index (χ0) is 17.1. The van der Waals surface area contributed by atoms with E-state index in [0.717, 1.165) is 24.0 Å². The van der Waals surface area contributed by atoms with Crippen LogP contribution in [0.15, 0.2) is 48.5 Å². The number of rotatable bonds is 6. The maximum Gasteiger partial charge on any atom is 0.269 e. The van der Waals surface area contributed by atoms with Crippen LogP contribution in [-0.2, 0) is 17.8 Å². The minimum Gasteiger partial charge on any atom is -0.335 e. The summed E-state index contributed by atoms with van der Waals surface area (Å²) in [5, 5.41) is 10.7. The molecule has 124 valence electrons. The van der Waals surface area contributed by atoms with Crippen LogP contribution >= 0.6 is 0 Å². The quantitative estimate of drug-likeness (QED) is 0.602. The van der Waals surface area contributed by atoms with Gasteiger partial charge in [0.05, 0.1) is 11.3 Å². The lowest BCUT2D eigenvalue weighted by Gasteiger charge is -2.22. The average molecular weight is 328 g/mol. The van der Waals surface area contributed by atoms with Gasteiger partial charge in [-0.05, 0) is 36.1 Å². The number of hydrogen-bond donors (Lipinski definition) is 0. The highest BCUT2D eigenvalue weighted by molar-refractivity contribution is 5.79. The van der Waals surface area contributed by atoms with Crippen molar-refractivity contribution in [3.05, 3.63) is 75.6 Å². The van der Waals surface area contributed by atoms with Crippen LogP contribution in [0.5, 0.6) is 0 Å². The van der Waals surface area contributed by atoms with Crippen LogP contribution in [0.3, 0.4) is 0 Å². The van der Waals surface area contributed by atoms with Crippen molar-refractivity contribution in [3.8, 4) is 0 Å². The molecule has 0 bridgehead atoms. The molecule has 0 aromatic heterocycles. The standard InChI is InChI=1S/C18H17FN2O3/c19-15-5-1-14(2-6-15)12-20(16-9-10-16)18(22)11-13-3-7-17(8-4-13)21(23)24/h1-8,16H,9-12H2. The second-order valence-corrected chi connectivity index (χ2v) is 5.98. The Morgan fingerprint density at radius 3 is 2.21 bits per heavy atom. The lowest BCUT2D eigenvalue weighted by Crippen LogP contribution is -2.33. The summed E-state index contributed by atoms with van der Waals surface area (Å²) in [6, 6.07) is 12.4. The lowest BCUT2D eigenvalue weighted by atomic mass is 10.1. The number of nitro groups is 1. The number of amides is 1. The summed E-state index contributed by atoms with van der Waals surface area (Å²) in [4.78, 5) is 24.6. The summed E-state index contributed by atoms with van der Waals surface area (Å²) < 4.78 is 13.0. The van der Waals surface area contributed by atoms with Crippen molar-refractivity contribution in [2.45, 2.75) is 31.8 Å². The molecule has 0 spiro atoms. The first kappa shape index (κ1) is 16.1. The summed E-state index contributed by atoms with van der Waals surface area (Å²) in [5.41, 5.74) is 1.65. The number of non-ortho nitro benzene ring substituents is 1. The summed E-state index contributed by atoms with van der Waals surface area (Å²) in [6.45, 7) is 0.455. The monoisotopic (exact) mass is 328 g/mol. The summed E-state index contributed by atoms with van der Waals surface area (Å²) >= 11 is 0. The third-order valence-corrected chi connectivity index (χ3v) is 4.08. The fourth-order valence-electron chi connectivity index (χ4n) is 2.61. The predicted molar refractivity (Wildman–Crippen MR) is 86.8 cm³/mol. The van der Waals surface area contributed by atoms with Crippen LogP contribution in [0.4, 0.5) is 10.1 Å². The van der Waals surface area contributed by atoms with Gasteiger partial charge < -0.3 is 4.90 Å². The maximum atomic E-state index is 13.0. The smallest absolute Gasteiger partial charge is 0.269 e. The molecule has 24 heavy (non-hydrogen) atoms. The van der Waals surface area contributed by atoms with Gasteiger partial charge in [-0.25, -0.2) is 4.39 Å². The molecular weight excluding hydrogens is 311 g/mol. The Hall–Kier alpha value is -2.76. The highest BCUT2D eigenvalue weighted by Gasteiger charge is 2.32. The molecule has 2 aromatic carbocycles. The minimum atomic E-state index is -0.462. The van der Waals surface area contributed by atoms with Gasteiger partial charge in [-0.1, -0.05) is 24.3 Å². The molecule has 1 aliphatic rings. The van der Waals surface area contributed by atoms with Crippen LogP contribution in [0.25, 0.3) is 0 Å². The molecule has 0 unspecified atom stereocenters. The zero-order valence-electron chi connectivity index (χ0n) is 13.0. The Labute approximate surface area is 138 Å². The third kappa shape index (κ3) is 3.95. The number of carbonyl (C=O) groups is 1. The second-order valence-electron chi connectivity index (χ2n) is 5.98. The Morgan fingerprint density at radius 1 is 1.08 bits per heavy atom. The van der Waals surface area contributed by atoms with Crippen molar-refractivity contribution in [2.24, 2.45) is 0 Å². The topological polar surface area (TPSA) is 63.4 Å². The van der Waals surface area contributed by atoms with Crippen molar-refractivity contribution in [1.82, 2.24) is 4.90 Å². The average Bonchev–Trinajstić information content (AvgIpc) is 3.39. The van der Waals surface area contributed by atoms with E-state index in [0.29, 0.717) is 6.54 Å². The molecule has 2 aromatic rings. The molecule has 0 saturated heterocycles. The fourth-order valence-corrected chi connectivity index (χ4v) is 2.61. The molecule has 0 atom stereocenters. The van der Waals surface area contributed by atoms with Crippen LogP contribution in [0.1, 0.15) is 24.0 Å². The van der Waals surface area contributed by atoms with Gasteiger partial charge in [0.25, 0.3) is 5.69 Å². The van der Waals surface area contributed by atoms with Crippen molar-refractivity contribution in [2.75, 3.05) is 0 Å². The number of benzene rings is 2. The van der Waals surface area contributed by atoms with E-state index in [4.69, 9.17) is 0 Å². The molecule has 1 fully saturated rings. The Bertz CT molecular complexity index is 740. The fraction of sp³-hybridized carbons (Fsp3) is 0.278. The highest BCUT2D eigenvalue weighted by Crippen LogP contribution is 2.29. The Morgan fingerprint density at radius 2 is 1.67 bits per heavy atom. The van der Waals surface area contributed by atoms with E-state index in [1.54, 1.807) is 24.3 Å². The number of halogens is 1. The highest BCUT2D eigenvalue weighted by atomic mass is 19.1. The van der Waals surface area contributed by atoms with Gasteiger partial charge in [0, 0.05) is 24.7 Å². The number of nitrogens with zero attached hydrogens (tertiary/aromatic N) is 2. The van der Waals surface area contributed by atoms with E-state index in [2.05, 4.69) is 0 Å². The summed E-state index contributed by atoms with van der Waals surface area (Å²) in [6.07, 6.45) is 2.16. The molecule has 3 rings (SSSR count). The molecule has 1 aliphatic carbocycles. The summed E-state index contributed by atoms with van der Waals surface area (Å²) in [5.74, 6) is -0.315. The van der Waals surface area contributed by atoms with E-state index < -0.39 is 4.92 Å². The predicted octanol–water partition coefficient (Wildman–Crippen LogP) is 3.47. The lowest BCUT2D eigenvalue weighted by molar-refractivity contribution is -0.384. The molecule has 0 heterocycles. The number of carbonyl (C=O) groups excluding carboxylic acids is 1. The van der Waals surface area contributed by atoms with Crippen molar-refractivity contribution in [1.29, 1.82) is 0 Å². The molecule has 5 nitrogen and oxygen atoms in total. The molecular formula is C18H17FN2O3. The van der Waals surface area contributed by atoms with Gasteiger partial charge >= 0.3 is 0 Å². The van der Waals surface area contributed by atoms with E-state index in [9.17, 15) is 19.3 Å². The molecule has 0 aliphatic heterocycles. The van der Waals surface area contributed by atoms with Crippen molar-refractivity contribution < 1.29 is 14.1 Å². The van der Waals surface area contributed by atoms with Gasteiger partial charge in [-0.2, -0.15) is 0 Å². The van der Waals surface area contributed by atoms with E-state index in [-0.39, 0.29) is 29.9 Å². The molecule has 1 amide bonds. The van der Waals surface area contributed by atoms with Gasteiger partial charge in [0.15, 0.2) is 0 Å². The van der Waals surface area contributed by atoms with E-state index in [1.165, 1.54) is 24.3 Å². The van der Waals surface area contributed by atoms with Gasteiger partial charge in [0.2, 0.25) is 5.91 Å². The molecule has 1 saturated carbocycles. The maximum absolute atomic E-state index is 13.0. The third-order valence-electron chi connectivity index (χ3n) is 4.08. The first-order chi connectivity index (χ1) is 11.5. The first-order valence-electron chi connectivity index (χ1n) is 7.80.